The van der Waals surface area contributed by atoms with Crippen molar-refractivity contribution in [3.63, 3.8) is 0 Å². The number of hydrogen-bond acceptors (Lipinski definition) is 4. The van der Waals surface area contributed by atoms with Crippen LogP contribution in [0.1, 0.15) is 5.56 Å². The second-order valence-corrected chi connectivity index (χ2v) is 4.98. The number of nitrogens with one attached hydrogen (secondary N) is 1. The lowest BCUT2D eigenvalue weighted by atomic mass is 10.1. The van der Waals surface area contributed by atoms with Crippen LogP contribution in [0.2, 0.25) is 0 Å². The van der Waals surface area contributed by atoms with Gasteiger partial charge in [0.05, 0.1) is 0 Å². The van der Waals surface area contributed by atoms with Gasteiger partial charge in [-0.2, -0.15) is 0 Å². The maximum absolute atomic E-state index is 13.3. The summed E-state index contributed by atoms with van der Waals surface area (Å²) in [7, 11) is 0. The molecule has 3 N–H and O–H groups in total. The molecule has 6 heteroatoms. The van der Waals surface area contributed by atoms with Gasteiger partial charge in [-0.25, -0.2) is 4.39 Å². The number of rotatable bonds is 3. The van der Waals surface area contributed by atoms with Crippen LogP contribution in [0.25, 0.3) is 0 Å². The van der Waals surface area contributed by atoms with E-state index >= 15 is 0 Å². The zero-order chi connectivity index (χ0) is 14.8. The molecule has 0 saturated heterocycles. The van der Waals surface area contributed by atoms with Gasteiger partial charge in [0.2, 0.25) is 0 Å². The van der Waals surface area contributed by atoms with E-state index in [1.807, 2.05) is 18.2 Å². The predicted octanol–water partition coefficient (Wildman–Crippen LogP) is 2.97. The molecule has 2 aromatic rings. The van der Waals surface area contributed by atoms with Gasteiger partial charge in [-0.3, -0.25) is 0 Å². The fraction of sp³-hybridized carbons (Fsp3) is 0.133. The van der Waals surface area contributed by atoms with Gasteiger partial charge in [-0.15, -0.1) is 0 Å². The topological polar surface area (TPSA) is 56.5 Å². The molecule has 108 valence electrons. The van der Waals surface area contributed by atoms with E-state index in [1.165, 1.54) is 12.1 Å². The van der Waals surface area contributed by atoms with Crippen LogP contribution in [0, 0.1) is 5.82 Å². The van der Waals surface area contributed by atoms with Crippen LogP contribution in [0.5, 0.6) is 11.5 Å². The molecule has 21 heavy (non-hydrogen) atoms. The lowest BCUT2D eigenvalue weighted by Gasteiger charge is -2.19. The average Bonchev–Trinajstić information content (AvgIpc) is 2.49. The first-order valence-electron chi connectivity index (χ1n) is 6.39. The van der Waals surface area contributed by atoms with Crippen molar-refractivity contribution in [3.8, 4) is 11.5 Å². The van der Waals surface area contributed by atoms with Gasteiger partial charge in [0.25, 0.3) is 0 Å². The number of ether oxygens (including phenoxy) is 2. The summed E-state index contributed by atoms with van der Waals surface area (Å²) in [6.07, 6.45) is 0. The van der Waals surface area contributed by atoms with Crippen molar-refractivity contribution in [1.82, 2.24) is 0 Å². The highest BCUT2D eigenvalue weighted by Gasteiger charge is 2.13. The summed E-state index contributed by atoms with van der Waals surface area (Å²) in [5, 5.41) is 3.16. The van der Waals surface area contributed by atoms with Gasteiger partial charge in [-0.1, -0.05) is 12.2 Å². The second kappa shape index (κ2) is 5.57. The quantitative estimate of drug-likeness (QED) is 0.854. The van der Waals surface area contributed by atoms with E-state index in [2.05, 4.69) is 5.32 Å². The third-order valence-electron chi connectivity index (χ3n) is 3.07. The largest absolute Gasteiger partial charge is 0.486 e. The van der Waals surface area contributed by atoms with Crippen LogP contribution in [0.3, 0.4) is 0 Å². The van der Waals surface area contributed by atoms with Crippen LogP contribution in [-0.2, 0) is 0 Å². The van der Waals surface area contributed by atoms with Gasteiger partial charge >= 0.3 is 0 Å². The molecule has 2 aromatic carbocycles. The number of anilines is 2. The van der Waals surface area contributed by atoms with Crippen molar-refractivity contribution in [2.24, 2.45) is 5.73 Å². The van der Waals surface area contributed by atoms with Crippen molar-refractivity contribution >= 4 is 28.6 Å². The van der Waals surface area contributed by atoms with Crippen molar-refractivity contribution in [2.75, 3.05) is 18.5 Å². The third-order valence-corrected chi connectivity index (χ3v) is 3.29. The average molecular weight is 304 g/mol. The number of thiocarbonyl (C=S) groups is 1. The zero-order valence-electron chi connectivity index (χ0n) is 11.1. The molecule has 0 bridgehead atoms. The zero-order valence-corrected chi connectivity index (χ0v) is 11.9. The minimum absolute atomic E-state index is 0.134. The fourth-order valence-electron chi connectivity index (χ4n) is 2.11. The van der Waals surface area contributed by atoms with Gasteiger partial charge in [-0.05, 0) is 30.3 Å². The van der Waals surface area contributed by atoms with Crippen LogP contribution in [0.15, 0.2) is 36.4 Å². The molecule has 0 radical (unpaired) electrons. The number of nitrogens with two attached hydrogens (primary N) is 1. The number of halogens is 1. The number of fused-ring (bicyclic) bond motifs is 1. The lowest BCUT2D eigenvalue weighted by molar-refractivity contribution is 0.171. The monoisotopic (exact) mass is 304 g/mol. The van der Waals surface area contributed by atoms with Gasteiger partial charge in [0.1, 0.15) is 24.0 Å². The molecule has 0 aliphatic carbocycles. The van der Waals surface area contributed by atoms with Crippen molar-refractivity contribution < 1.29 is 13.9 Å². The van der Waals surface area contributed by atoms with Crippen molar-refractivity contribution in [3.05, 3.63) is 47.8 Å². The summed E-state index contributed by atoms with van der Waals surface area (Å²) >= 11 is 4.95. The van der Waals surface area contributed by atoms with E-state index in [9.17, 15) is 4.39 Å². The van der Waals surface area contributed by atoms with Crippen LogP contribution < -0.4 is 20.5 Å². The summed E-state index contributed by atoms with van der Waals surface area (Å²) in [4.78, 5) is 0.134. The normalized spacial score (nSPS) is 12.8. The fourth-order valence-corrected chi connectivity index (χ4v) is 2.27. The standard InChI is InChI=1S/C15H13FN2O2S/c16-9-1-3-12(11(7-9)15(17)21)18-10-2-4-13-14(8-10)20-6-5-19-13/h1-4,7-8,18H,5-6H2,(H2,17,21). The van der Waals surface area contributed by atoms with E-state index in [-0.39, 0.29) is 10.8 Å². The van der Waals surface area contributed by atoms with Crippen LogP contribution >= 0.6 is 12.2 Å². The Kier molecular flexibility index (Phi) is 3.62. The Morgan fingerprint density at radius 1 is 1.10 bits per heavy atom. The van der Waals surface area contributed by atoms with Gasteiger partial charge in [0.15, 0.2) is 11.5 Å². The minimum atomic E-state index is -0.384. The van der Waals surface area contributed by atoms with Gasteiger partial charge < -0.3 is 20.5 Å². The first-order chi connectivity index (χ1) is 10.1. The molecule has 1 aliphatic heterocycles. The highest BCUT2D eigenvalue weighted by atomic mass is 32.1. The van der Waals surface area contributed by atoms with Gasteiger partial charge in [0, 0.05) is 23.0 Å². The molecule has 0 unspecified atom stereocenters. The molecule has 1 heterocycles. The molecular weight excluding hydrogens is 291 g/mol. The first-order valence-corrected chi connectivity index (χ1v) is 6.80. The maximum Gasteiger partial charge on any atom is 0.163 e. The molecule has 0 atom stereocenters. The summed E-state index contributed by atoms with van der Waals surface area (Å²) in [6.45, 7) is 1.06. The molecule has 0 aromatic heterocycles. The number of benzene rings is 2. The molecule has 1 aliphatic rings. The van der Waals surface area contributed by atoms with Crippen LogP contribution in [-0.4, -0.2) is 18.2 Å². The third kappa shape index (κ3) is 2.90. The summed E-state index contributed by atoms with van der Waals surface area (Å²) in [5.74, 6) is 0.997. The Balaban J connectivity index is 1.92. The smallest absolute Gasteiger partial charge is 0.163 e. The molecule has 0 amide bonds. The minimum Gasteiger partial charge on any atom is -0.486 e. The van der Waals surface area contributed by atoms with E-state index in [0.717, 1.165) is 5.69 Å². The van der Waals surface area contributed by atoms with Crippen LogP contribution in [0.4, 0.5) is 15.8 Å². The molecule has 0 saturated carbocycles. The number of hydrogen-bond donors (Lipinski definition) is 2. The Hall–Kier alpha value is -2.34. The second-order valence-electron chi connectivity index (χ2n) is 4.54. The van der Waals surface area contributed by atoms with E-state index in [4.69, 9.17) is 27.4 Å². The summed E-state index contributed by atoms with van der Waals surface area (Å²) in [5.41, 5.74) is 7.51. The Bertz CT molecular complexity index is 706. The SMILES string of the molecule is NC(=S)c1cc(F)ccc1Nc1ccc2c(c1)OCCO2. The summed E-state index contributed by atoms with van der Waals surface area (Å²) < 4.78 is 24.3. The Labute approximate surface area is 126 Å². The van der Waals surface area contributed by atoms with E-state index < -0.39 is 0 Å². The Morgan fingerprint density at radius 3 is 2.62 bits per heavy atom. The highest BCUT2D eigenvalue weighted by molar-refractivity contribution is 7.80. The molecule has 4 nitrogen and oxygen atoms in total. The van der Waals surface area contributed by atoms with E-state index in [1.54, 1.807) is 6.07 Å². The van der Waals surface area contributed by atoms with Crippen molar-refractivity contribution in [2.45, 2.75) is 0 Å². The highest BCUT2D eigenvalue weighted by Crippen LogP contribution is 2.34. The lowest BCUT2D eigenvalue weighted by Crippen LogP contribution is -2.15. The molecular formula is C15H13FN2O2S. The molecule has 3 rings (SSSR count). The predicted molar refractivity (Wildman–Crippen MR) is 83.0 cm³/mol. The first kappa shape index (κ1) is 13.6. The maximum atomic E-state index is 13.3. The van der Waals surface area contributed by atoms with Crippen molar-refractivity contribution in [1.29, 1.82) is 0 Å². The summed E-state index contributed by atoms with van der Waals surface area (Å²) in [6, 6.07) is 9.74. The Morgan fingerprint density at radius 2 is 1.86 bits per heavy atom. The molecule has 0 fully saturated rings. The molecule has 0 spiro atoms. The van der Waals surface area contributed by atoms with E-state index in [0.29, 0.717) is 36.0 Å².